The summed E-state index contributed by atoms with van der Waals surface area (Å²) in [6.07, 6.45) is 2.79. The van der Waals surface area contributed by atoms with E-state index in [1.165, 1.54) is 0 Å². The summed E-state index contributed by atoms with van der Waals surface area (Å²) >= 11 is 0. The van der Waals surface area contributed by atoms with Crippen LogP contribution in [-0.2, 0) is 14.2 Å². The molecule has 2 unspecified atom stereocenters. The highest BCUT2D eigenvalue weighted by atomic mass is 16.5. The molecule has 0 saturated carbocycles. The van der Waals surface area contributed by atoms with Crippen molar-refractivity contribution >= 4 is 0 Å². The highest BCUT2D eigenvalue weighted by molar-refractivity contribution is 4.90. The smallest absolute Gasteiger partial charge is 0.0678 e. The first-order chi connectivity index (χ1) is 11.0. The molecule has 0 heterocycles. The zero-order valence-electron chi connectivity index (χ0n) is 18.8. The molecule has 152 valence electrons. The van der Waals surface area contributed by atoms with Gasteiger partial charge in [0.05, 0.1) is 29.5 Å². The molecule has 0 radical (unpaired) electrons. The Labute approximate surface area is 157 Å². The molecule has 2 N–H and O–H groups in total. The lowest BCUT2D eigenvalue weighted by molar-refractivity contribution is -0.143. The van der Waals surface area contributed by atoms with Crippen LogP contribution in [0.2, 0.25) is 0 Å². The van der Waals surface area contributed by atoms with Crippen molar-refractivity contribution in [2.24, 2.45) is 11.1 Å². The van der Waals surface area contributed by atoms with E-state index in [1.807, 2.05) is 6.92 Å². The van der Waals surface area contributed by atoms with Gasteiger partial charge in [-0.3, -0.25) is 0 Å². The van der Waals surface area contributed by atoms with Gasteiger partial charge < -0.3 is 19.9 Å². The Morgan fingerprint density at radius 1 is 0.840 bits per heavy atom. The summed E-state index contributed by atoms with van der Waals surface area (Å²) in [7, 11) is 1.75. The van der Waals surface area contributed by atoms with Gasteiger partial charge in [0, 0.05) is 13.2 Å². The molecular weight excluding hydrogens is 314 g/mol. The second-order valence-electron chi connectivity index (χ2n) is 10.0. The van der Waals surface area contributed by atoms with E-state index in [9.17, 15) is 0 Å². The predicted molar refractivity (Wildman–Crippen MR) is 107 cm³/mol. The number of hydrogen-bond donors (Lipinski definition) is 1. The largest absolute Gasteiger partial charge is 0.379 e. The minimum atomic E-state index is -0.250. The van der Waals surface area contributed by atoms with Gasteiger partial charge in [-0.05, 0) is 80.1 Å². The molecule has 0 aromatic carbocycles. The summed E-state index contributed by atoms with van der Waals surface area (Å²) < 4.78 is 18.1. The third-order valence-corrected chi connectivity index (χ3v) is 5.48. The van der Waals surface area contributed by atoms with E-state index < -0.39 is 0 Å². The lowest BCUT2D eigenvalue weighted by Crippen LogP contribution is -2.45. The van der Waals surface area contributed by atoms with E-state index in [-0.39, 0.29) is 34.4 Å². The van der Waals surface area contributed by atoms with E-state index in [2.05, 4.69) is 62.3 Å². The SMILES string of the molecule is COC(C)(C)CCOC(C)(C)C(C)(C)CC(C)OC(C)(C)CC(C)N. The zero-order valence-corrected chi connectivity index (χ0v) is 18.8. The molecule has 4 heteroatoms. The van der Waals surface area contributed by atoms with Gasteiger partial charge in [-0.25, -0.2) is 0 Å². The summed E-state index contributed by atoms with van der Waals surface area (Å²) in [5, 5.41) is 0. The predicted octanol–water partition coefficient (Wildman–Crippen LogP) is 4.93. The Morgan fingerprint density at radius 3 is 1.80 bits per heavy atom. The van der Waals surface area contributed by atoms with E-state index in [0.717, 1.165) is 19.3 Å². The van der Waals surface area contributed by atoms with Crippen LogP contribution in [0.15, 0.2) is 0 Å². The quantitative estimate of drug-likeness (QED) is 0.536. The first kappa shape index (κ1) is 24.8. The molecule has 0 amide bonds. The summed E-state index contributed by atoms with van der Waals surface area (Å²) in [4.78, 5) is 0. The average Bonchev–Trinajstić information content (AvgIpc) is 2.34. The molecular formula is C21H45NO3. The molecule has 2 atom stereocenters. The Morgan fingerprint density at radius 2 is 1.36 bits per heavy atom. The molecule has 0 bridgehead atoms. The Bertz CT molecular complexity index is 387. The van der Waals surface area contributed by atoms with Gasteiger partial charge in [-0.15, -0.1) is 0 Å². The fourth-order valence-electron chi connectivity index (χ4n) is 3.22. The summed E-state index contributed by atoms with van der Waals surface area (Å²) in [6.45, 7) is 22.1. The fourth-order valence-corrected chi connectivity index (χ4v) is 3.22. The lowest BCUT2D eigenvalue weighted by atomic mass is 9.73. The van der Waals surface area contributed by atoms with Gasteiger partial charge in [0.1, 0.15) is 0 Å². The van der Waals surface area contributed by atoms with Crippen LogP contribution < -0.4 is 5.73 Å². The topological polar surface area (TPSA) is 53.7 Å². The van der Waals surface area contributed by atoms with E-state index in [1.54, 1.807) is 7.11 Å². The van der Waals surface area contributed by atoms with Crippen molar-refractivity contribution in [1.82, 2.24) is 0 Å². The maximum atomic E-state index is 6.30. The third-order valence-electron chi connectivity index (χ3n) is 5.48. The van der Waals surface area contributed by atoms with Crippen molar-refractivity contribution in [3.8, 4) is 0 Å². The molecule has 0 saturated heterocycles. The van der Waals surface area contributed by atoms with Crippen molar-refractivity contribution in [3.05, 3.63) is 0 Å². The molecule has 0 aliphatic heterocycles. The van der Waals surface area contributed by atoms with Gasteiger partial charge >= 0.3 is 0 Å². The van der Waals surface area contributed by atoms with E-state index in [0.29, 0.717) is 6.61 Å². The second kappa shape index (κ2) is 9.16. The highest BCUT2D eigenvalue weighted by Gasteiger charge is 2.40. The van der Waals surface area contributed by atoms with Crippen molar-refractivity contribution in [2.75, 3.05) is 13.7 Å². The third kappa shape index (κ3) is 9.37. The molecule has 0 rings (SSSR count). The summed E-state index contributed by atoms with van der Waals surface area (Å²) in [6, 6.07) is 0.138. The fraction of sp³-hybridized carbons (Fsp3) is 1.00. The first-order valence-electron chi connectivity index (χ1n) is 9.66. The minimum absolute atomic E-state index is 0.0198. The van der Waals surface area contributed by atoms with Gasteiger partial charge in [-0.1, -0.05) is 13.8 Å². The van der Waals surface area contributed by atoms with Crippen LogP contribution in [0.25, 0.3) is 0 Å². The average molecular weight is 360 g/mol. The molecule has 0 spiro atoms. The molecule has 0 aromatic heterocycles. The molecule has 0 fully saturated rings. The number of nitrogens with two attached hydrogens (primary N) is 1. The number of rotatable bonds is 12. The summed E-state index contributed by atoms with van der Waals surface area (Å²) in [5.74, 6) is 0. The van der Waals surface area contributed by atoms with Gasteiger partial charge in [0.2, 0.25) is 0 Å². The Kier molecular flexibility index (Phi) is 9.10. The second-order valence-corrected chi connectivity index (χ2v) is 10.0. The normalized spacial score (nSPS) is 16.8. The zero-order chi connectivity index (χ0) is 20.1. The molecule has 25 heavy (non-hydrogen) atoms. The van der Waals surface area contributed by atoms with Crippen molar-refractivity contribution in [1.29, 1.82) is 0 Å². The summed E-state index contributed by atoms with van der Waals surface area (Å²) in [5.41, 5.74) is 5.31. The van der Waals surface area contributed by atoms with Crippen LogP contribution in [0.1, 0.15) is 88.5 Å². The van der Waals surface area contributed by atoms with Crippen LogP contribution in [0.3, 0.4) is 0 Å². The van der Waals surface area contributed by atoms with Crippen molar-refractivity contribution in [3.63, 3.8) is 0 Å². The maximum Gasteiger partial charge on any atom is 0.0678 e. The van der Waals surface area contributed by atoms with Crippen molar-refractivity contribution < 1.29 is 14.2 Å². The van der Waals surface area contributed by atoms with Crippen LogP contribution in [0, 0.1) is 5.41 Å². The first-order valence-corrected chi connectivity index (χ1v) is 9.66. The highest BCUT2D eigenvalue weighted by Crippen LogP contribution is 2.39. The van der Waals surface area contributed by atoms with Gasteiger partial charge in [0.25, 0.3) is 0 Å². The molecule has 0 aliphatic carbocycles. The monoisotopic (exact) mass is 359 g/mol. The number of methoxy groups -OCH3 is 1. The standard InChI is InChI=1S/C21H45NO3/c1-16(22)14-20(7,8)25-17(2)15-18(3,4)21(9,10)24-13-12-19(5,6)23-11/h16-17H,12-15,22H2,1-11H3. The molecule has 4 nitrogen and oxygen atoms in total. The lowest BCUT2D eigenvalue weighted by Gasteiger charge is -2.44. The Balaban J connectivity index is 4.70. The van der Waals surface area contributed by atoms with E-state index in [4.69, 9.17) is 19.9 Å². The van der Waals surface area contributed by atoms with Crippen LogP contribution in [-0.4, -0.2) is 42.7 Å². The number of hydrogen-bond acceptors (Lipinski definition) is 4. The van der Waals surface area contributed by atoms with Crippen LogP contribution >= 0.6 is 0 Å². The van der Waals surface area contributed by atoms with Gasteiger partial charge in [0.15, 0.2) is 0 Å². The number of ether oxygens (including phenoxy) is 3. The maximum absolute atomic E-state index is 6.30. The minimum Gasteiger partial charge on any atom is -0.379 e. The molecule has 0 aliphatic rings. The van der Waals surface area contributed by atoms with Crippen LogP contribution in [0.5, 0.6) is 0 Å². The van der Waals surface area contributed by atoms with Crippen LogP contribution in [0.4, 0.5) is 0 Å². The Hall–Kier alpha value is -0.160. The molecule has 0 aromatic rings. The van der Waals surface area contributed by atoms with E-state index >= 15 is 0 Å². The van der Waals surface area contributed by atoms with Gasteiger partial charge in [-0.2, -0.15) is 0 Å². The van der Waals surface area contributed by atoms with Crippen molar-refractivity contribution in [2.45, 2.75) is 117 Å².